The van der Waals surface area contributed by atoms with E-state index in [9.17, 15) is 4.79 Å². The van der Waals surface area contributed by atoms with Crippen LogP contribution in [0.5, 0.6) is 0 Å². The van der Waals surface area contributed by atoms with Crippen LogP contribution in [0.2, 0.25) is 0 Å². The largest absolute Gasteiger partial charge is 0.394 e. The second kappa shape index (κ2) is 2.71. The van der Waals surface area contributed by atoms with Gasteiger partial charge in [0.15, 0.2) is 0 Å². The minimum atomic E-state index is -1.79. The van der Waals surface area contributed by atoms with Gasteiger partial charge in [-0.1, -0.05) is 0 Å². The van der Waals surface area contributed by atoms with E-state index in [2.05, 4.69) is 0 Å². The fraction of sp³-hybridized carbons (Fsp3) is 0.750. The van der Waals surface area contributed by atoms with Gasteiger partial charge in [-0.15, -0.1) is 0 Å². The van der Waals surface area contributed by atoms with Gasteiger partial charge in [-0.2, -0.15) is 0 Å². The van der Waals surface area contributed by atoms with Crippen LogP contribution in [0.4, 0.5) is 0 Å². The quantitative estimate of drug-likeness (QED) is 0.467. The van der Waals surface area contributed by atoms with Gasteiger partial charge in [-0.05, 0) is 6.92 Å². The van der Waals surface area contributed by atoms with Crippen LogP contribution in [0.3, 0.4) is 0 Å². The highest BCUT2D eigenvalue weighted by atomic mass is 16.3. The van der Waals surface area contributed by atoms with E-state index in [0.29, 0.717) is 0 Å². The minimum absolute atomic E-state index is 0.528. The van der Waals surface area contributed by atoms with Gasteiger partial charge in [-0.25, -0.2) is 0 Å². The Hall–Kier alpha value is -0.410. The average molecular weight is 104 g/mol. The summed E-state index contributed by atoms with van der Waals surface area (Å²) in [7, 11) is 0. The second-order valence-corrected chi connectivity index (χ2v) is 1.24. The van der Waals surface area contributed by atoms with Crippen LogP contribution in [0, 0.1) is 0 Å². The Kier molecular flexibility index (Phi) is 1.84. The van der Waals surface area contributed by atoms with Crippen LogP contribution >= 0.6 is 0 Å². The van der Waals surface area contributed by atoms with Gasteiger partial charge in [0.2, 0.25) is 0 Å². The highest BCUT2D eigenvalue weighted by molar-refractivity contribution is 5.81. The van der Waals surface area contributed by atoms with Crippen LogP contribution in [0.15, 0.2) is 0 Å². The molecule has 7 heavy (non-hydrogen) atoms. The molecule has 0 saturated heterocycles. The van der Waals surface area contributed by atoms with Crippen molar-refractivity contribution in [2.75, 3.05) is 6.61 Å². The zero-order chi connectivity index (χ0) is 6.78. The molecule has 1 atom stereocenters. The Morgan fingerprint density at radius 2 is 2.71 bits per heavy atom. The van der Waals surface area contributed by atoms with Crippen molar-refractivity contribution in [2.24, 2.45) is 5.73 Å². The maximum absolute atomic E-state index is 10.2. The van der Waals surface area contributed by atoms with Gasteiger partial charge in [0.25, 0.3) is 0 Å². The van der Waals surface area contributed by atoms with Crippen molar-refractivity contribution in [3.8, 4) is 0 Å². The lowest BCUT2D eigenvalue weighted by Crippen LogP contribution is -2.31. The number of rotatable bonds is 2. The van der Waals surface area contributed by atoms with Crippen molar-refractivity contribution >= 4 is 5.78 Å². The van der Waals surface area contributed by atoms with Crippen LogP contribution in [-0.2, 0) is 4.79 Å². The van der Waals surface area contributed by atoms with E-state index in [1.54, 1.807) is 0 Å². The van der Waals surface area contributed by atoms with Crippen LogP contribution in [0.1, 0.15) is 8.29 Å². The second-order valence-electron chi connectivity index (χ2n) is 1.24. The third kappa shape index (κ3) is 2.31. The molecule has 0 fully saturated rings. The van der Waals surface area contributed by atoms with Crippen LogP contribution in [-0.4, -0.2) is 23.5 Å². The Morgan fingerprint density at radius 1 is 2.29 bits per heavy atom. The first-order valence-electron chi connectivity index (χ1n) is 2.41. The van der Waals surface area contributed by atoms with Crippen molar-refractivity contribution in [3.05, 3.63) is 0 Å². The lowest BCUT2D eigenvalue weighted by Gasteiger charge is -1.98. The van der Waals surface area contributed by atoms with E-state index < -0.39 is 18.4 Å². The topological polar surface area (TPSA) is 63.3 Å². The Bertz CT molecular complexity index is 102. The molecule has 3 nitrogen and oxygen atoms in total. The summed E-state index contributed by atoms with van der Waals surface area (Å²) in [5.41, 5.74) is 4.93. The van der Waals surface area contributed by atoms with Crippen molar-refractivity contribution in [2.45, 2.75) is 12.9 Å². The van der Waals surface area contributed by atoms with Crippen molar-refractivity contribution < 1.29 is 11.3 Å². The molecule has 0 aliphatic heterocycles. The lowest BCUT2D eigenvalue weighted by molar-refractivity contribution is -0.118. The molecule has 0 rings (SSSR count). The zero-order valence-electron chi connectivity index (χ0n) is 5.14. The van der Waals surface area contributed by atoms with Crippen LogP contribution < -0.4 is 5.73 Å². The number of carbonyl (C=O) groups excluding carboxylic acids is 1. The number of aliphatic hydroxyl groups excluding tert-OH is 1. The number of hydrogen-bond donors (Lipinski definition) is 2. The highest BCUT2D eigenvalue weighted by Gasteiger charge is 2.02. The SMILES string of the molecule is [2H][C@@](N)(CO)C(C)=O. The predicted molar refractivity (Wildman–Crippen MR) is 25.7 cm³/mol. The van der Waals surface area contributed by atoms with E-state index in [-0.39, 0.29) is 0 Å². The molecule has 0 aliphatic carbocycles. The van der Waals surface area contributed by atoms with Gasteiger partial charge in [0.1, 0.15) is 5.78 Å². The molecule has 0 aliphatic rings. The molecule has 0 aromatic rings. The number of aliphatic hydroxyl groups is 1. The fourth-order valence-electron chi connectivity index (χ4n) is 0.111. The summed E-state index contributed by atoms with van der Waals surface area (Å²) in [5.74, 6) is -0.528. The predicted octanol–water partition coefficient (Wildman–Crippen LogP) is -1.11. The zero-order valence-corrected chi connectivity index (χ0v) is 4.14. The summed E-state index contributed by atoms with van der Waals surface area (Å²) in [6.07, 6.45) is 0. The van der Waals surface area contributed by atoms with E-state index in [4.69, 9.17) is 12.2 Å². The molecule has 0 unspecified atom stereocenters. The molecule has 0 bridgehead atoms. The normalized spacial score (nSPS) is 20.1. The number of nitrogens with two attached hydrogens (primary N) is 1. The Morgan fingerprint density at radius 3 is 2.71 bits per heavy atom. The molecule has 0 heterocycles. The molecule has 0 amide bonds. The number of Topliss-reactive ketones (excluding diaryl/α,β-unsaturated/α-hetero) is 1. The first-order valence-corrected chi connectivity index (χ1v) is 1.91. The first kappa shape index (κ1) is 4.74. The third-order valence-corrected chi connectivity index (χ3v) is 0.623. The van der Waals surface area contributed by atoms with Gasteiger partial charge < -0.3 is 10.8 Å². The van der Waals surface area contributed by atoms with Crippen molar-refractivity contribution in [1.82, 2.24) is 0 Å². The number of hydrogen-bond acceptors (Lipinski definition) is 3. The molecule has 0 saturated carbocycles. The molecule has 42 valence electrons. The fourth-order valence-corrected chi connectivity index (χ4v) is 0.111. The maximum Gasteiger partial charge on any atom is 0.148 e. The van der Waals surface area contributed by atoms with Gasteiger partial charge in [-0.3, -0.25) is 4.79 Å². The monoisotopic (exact) mass is 104 g/mol. The van der Waals surface area contributed by atoms with E-state index in [1.165, 1.54) is 6.92 Å². The van der Waals surface area contributed by atoms with E-state index in [0.717, 1.165) is 0 Å². The Balaban J connectivity index is 3.91. The van der Waals surface area contributed by atoms with Gasteiger partial charge in [0.05, 0.1) is 14.0 Å². The summed E-state index contributed by atoms with van der Waals surface area (Å²) >= 11 is 0. The smallest absolute Gasteiger partial charge is 0.148 e. The molecule has 0 aromatic heterocycles. The summed E-state index contributed by atoms with van der Waals surface area (Å²) < 4.78 is 6.81. The third-order valence-electron chi connectivity index (χ3n) is 0.623. The Labute approximate surface area is 43.5 Å². The van der Waals surface area contributed by atoms with E-state index in [1.807, 2.05) is 0 Å². The molecule has 0 radical (unpaired) electrons. The summed E-state index contributed by atoms with van der Waals surface area (Å²) in [4.78, 5) is 10.2. The maximum atomic E-state index is 10.2. The summed E-state index contributed by atoms with van der Waals surface area (Å²) in [6.45, 7) is 0.547. The van der Waals surface area contributed by atoms with Crippen molar-refractivity contribution in [1.29, 1.82) is 0 Å². The molecule has 3 N–H and O–H groups in total. The molecular formula is C4H9NO2. The number of carbonyl (C=O) groups is 1. The summed E-state index contributed by atoms with van der Waals surface area (Å²) in [5, 5.41) is 8.23. The van der Waals surface area contributed by atoms with Crippen molar-refractivity contribution in [3.63, 3.8) is 0 Å². The average Bonchev–Trinajstić information content (AvgIpc) is 1.67. The molecule has 0 spiro atoms. The first-order chi connectivity index (χ1) is 3.50. The van der Waals surface area contributed by atoms with Gasteiger partial charge >= 0.3 is 0 Å². The molecule has 0 aromatic carbocycles. The summed E-state index contributed by atoms with van der Waals surface area (Å²) in [6, 6.07) is -1.79. The highest BCUT2D eigenvalue weighted by Crippen LogP contribution is 1.74. The molecular weight excluding hydrogens is 94.0 g/mol. The molecule has 3 heteroatoms. The van der Waals surface area contributed by atoms with Crippen LogP contribution in [0.25, 0.3) is 0 Å². The van der Waals surface area contributed by atoms with Gasteiger partial charge in [0, 0.05) is 0 Å². The minimum Gasteiger partial charge on any atom is -0.394 e. The van der Waals surface area contributed by atoms with E-state index >= 15 is 0 Å². The standard InChI is InChI=1S/C4H9NO2/c1-3(7)4(5)2-6/h4,6H,2,5H2,1H3/t4-/m1/s1/i4D. The lowest BCUT2D eigenvalue weighted by atomic mass is 10.2. The number of ketones is 1.